The van der Waals surface area contributed by atoms with Crippen LogP contribution in [0.15, 0.2) is 16.6 Å². The lowest BCUT2D eigenvalue weighted by atomic mass is 10.2. The van der Waals surface area contributed by atoms with Gasteiger partial charge in [-0.3, -0.25) is 4.79 Å². The third-order valence-electron chi connectivity index (χ3n) is 2.30. The minimum atomic E-state index is 0.641. The average molecular weight is 253 g/mol. The monoisotopic (exact) mass is 252 g/mol. The Morgan fingerprint density at radius 2 is 2.21 bits per heavy atom. The summed E-state index contributed by atoms with van der Waals surface area (Å²) in [5.74, 6) is 0.934. The van der Waals surface area contributed by atoms with Crippen molar-refractivity contribution in [1.29, 1.82) is 0 Å². The maximum Gasteiger partial charge on any atom is 0.150 e. The Balaban J connectivity index is 2.89. The number of aldehydes is 1. The molecule has 0 spiro atoms. The second kappa shape index (κ2) is 3.20. The van der Waals surface area contributed by atoms with E-state index in [4.69, 9.17) is 0 Å². The first-order valence-corrected chi connectivity index (χ1v) is 5.00. The number of carbonyl (C=O) groups excluding carboxylic acids is 1. The lowest BCUT2D eigenvalue weighted by molar-refractivity contribution is 0.112. The smallest absolute Gasteiger partial charge is 0.150 e. The van der Waals surface area contributed by atoms with Crippen LogP contribution < -0.4 is 0 Å². The largest absolute Gasteiger partial charge is 0.330 e. The van der Waals surface area contributed by atoms with Crippen molar-refractivity contribution in [3.63, 3.8) is 0 Å². The normalized spacial score (nSPS) is 10.8. The zero-order chi connectivity index (χ0) is 10.3. The molecule has 1 aromatic carbocycles. The molecular formula is C10H9BrN2O. The Bertz CT molecular complexity index is 516. The SMILES string of the molecule is Cc1nc2cc(C=O)cc(Br)c2n1C. The number of nitrogens with zero attached hydrogens (tertiary/aromatic N) is 2. The van der Waals surface area contributed by atoms with Crippen LogP contribution in [0.4, 0.5) is 0 Å². The molecule has 72 valence electrons. The van der Waals surface area contributed by atoms with Crippen LogP contribution in [0.1, 0.15) is 16.2 Å². The number of halogens is 1. The fraction of sp³-hybridized carbons (Fsp3) is 0.200. The molecule has 0 radical (unpaired) electrons. The third-order valence-corrected chi connectivity index (χ3v) is 2.91. The van der Waals surface area contributed by atoms with Crippen molar-refractivity contribution in [2.24, 2.45) is 7.05 Å². The van der Waals surface area contributed by atoms with Gasteiger partial charge in [0.1, 0.15) is 12.1 Å². The number of benzene rings is 1. The lowest BCUT2D eigenvalue weighted by Gasteiger charge is -1.99. The molecule has 1 aromatic heterocycles. The number of rotatable bonds is 1. The van der Waals surface area contributed by atoms with Gasteiger partial charge in [-0.25, -0.2) is 4.98 Å². The van der Waals surface area contributed by atoms with Crippen molar-refractivity contribution >= 4 is 33.2 Å². The van der Waals surface area contributed by atoms with Gasteiger partial charge in [0.25, 0.3) is 0 Å². The quantitative estimate of drug-likeness (QED) is 0.731. The number of hydrogen-bond acceptors (Lipinski definition) is 2. The molecule has 3 nitrogen and oxygen atoms in total. The highest BCUT2D eigenvalue weighted by Gasteiger charge is 2.08. The van der Waals surface area contributed by atoms with Gasteiger partial charge in [-0.05, 0) is 35.0 Å². The summed E-state index contributed by atoms with van der Waals surface area (Å²) in [5.41, 5.74) is 2.51. The minimum absolute atomic E-state index is 0.641. The van der Waals surface area contributed by atoms with E-state index in [2.05, 4.69) is 20.9 Å². The summed E-state index contributed by atoms with van der Waals surface area (Å²) >= 11 is 3.43. The molecule has 1 heterocycles. The Labute approximate surface area is 89.9 Å². The average Bonchev–Trinajstić information content (AvgIpc) is 2.43. The van der Waals surface area contributed by atoms with Gasteiger partial charge in [-0.2, -0.15) is 0 Å². The van der Waals surface area contributed by atoms with Crippen LogP contribution in [0.2, 0.25) is 0 Å². The van der Waals surface area contributed by atoms with Crippen LogP contribution in [0, 0.1) is 6.92 Å². The van der Waals surface area contributed by atoms with Gasteiger partial charge in [0.15, 0.2) is 0 Å². The first-order valence-electron chi connectivity index (χ1n) is 4.21. The van der Waals surface area contributed by atoms with Crippen molar-refractivity contribution in [2.75, 3.05) is 0 Å². The van der Waals surface area contributed by atoms with Crippen LogP contribution >= 0.6 is 15.9 Å². The molecular weight excluding hydrogens is 244 g/mol. The molecule has 0 aliphatic carbocycles. The van der Waals surface area contributed by atoms with Gasteiger partial charge in [0, 0.05) is 17.1 Å². The van der Waals surface area contributed by atoms with Crippen molar-refractivity contribution in [3.05, 3.63) is 28.0 Å². The molecule has 0 atom stereocenters. The van der Waals surface area contributed by atoms with E-state index < -0.39 is 0 Å². The van der Waals surface area contributed by atoms with Crippen molar-refractivity contribution in [2.45, 2.75) is 6.92 Å². The maximum atomic E-state index is 10.6. The topological polar surface area (TPSA) is 34.9 Å². The highest BCUT2D eigenvalue weighted by atomic mass is 79.9. The summed E-state index contributed by atoms with van der Waals surface area (Å²) in [4.78, 5) is 15.0. The minimum Gasteiger partial charge on any atom is -0.330 e. The molecule has 2 aromatic rings. The number of fused-ring (bicyclic) bond motifs is 1. The molecule has 14 heavy (non-hydrogen) atoms. The highest BCUT2D eigenvalue weighted by Crippen LogP contribution is 2.25. The first-order chi connectivity index (χ1) is 6.63. The third kappa shape index (κ3) is 1.26. The molecule has 0 aliphatic heterocycles. The molecule has 2 rings (SSSR count). The number of imidazole rings is 1. The summed E-state index contributed by atoms with van der Waals surface area (Å²) in [6.45, 7) is 1.94. The number of carbonyl (C=O) groups is 1. The summed E-state index contributed by atoms with van der Waals surface area (Å²) in [7, 11) is 1.95. The van der Waals surface area contributed by atoms with Crippen LogP contribution in [-0.4, -0.2) is 15.8 Å². The van der Waals surface area contributed by atoms with Crippen LogP contribution in [0.3, 0.4) is 0 Å². The van der Waals surface area contributed by atoms with Gasteiger partial charge in [0.2, 0.25) is 0 Å². The van der Waals surface area contributed by atoms with E-state index in [1.165, 1.54) is 0 Å². The van der Waals surface area contributed by atoms with E-state index in [0.29, 0.717) is 5.56 Å². The molecule has 0 amide bonds. The first kappa shape index (κ1) is 9.40. The molecule has 0 aliphatic rings. The Morgan fingerprint density at radius 1 is 1.50 bits per heavy atom. The van der Waals surface area contributed by atoms with Crippen LogP contribution in [-0.2, 0) is 7.05 Å². The van der Waals surface area contributed by atoms with E-state index in [1.54, 1.807) is 12.1 Å². The van der Waals surface area contributed by atoms with E-state index in [0.717, 1.165) is 27.6 Å². The number of hydrogen-bond donors (Lipinski definition) is 0. The van der Waals surface area contributed by atoms with Crippen molar-refractivity contribution in [3.8, 4) is 0 Å². The lowest BCUT2D eigenvalue weighted by Crippen LogP contribution is -1.91. The molecule has 0 bridgehead atoms. The predicted octanol–water partition coefficient (Wildman–Crippen LogP) is 2.46. The summed E-state index contributed by atoms with van der Waals surface area (Å²) in [6, 6.07) is 3.59. The Hall–Kier alpha value is -1.16. The predicted molar refractivity (Wildman–Crippen MR) is 58.5 cm³/mol. The highest BCUT2D eigenvalue weighted by molar-refractivity contribution is 9.10. The maximum absolute atomic E-state index is 10.6. The van der Waals surface area contributed by atoms with E-state index in [1.807, 2.05) is 18.5 Å². The van der Waals surface area contributed by atoms with E-state index >= 15 is 0 Å². The zero-order valence-electron chi connectivity index (χ0n) is 7.91. The second-order valence-electron chi connectivity index (χ2n) is 3.21. The molecule has 0 N–H and O–H groups in total. The van der Waals surface area contributed by atoms with Gasteiger partial charge in [-0.15, -0.1) is 0 Å². The zero-order valence-corrected chi connectivity index (χ0v) is 9.50. The fourth-order valence-electron chi connectivity index (χ4n) is 1.50. The van der Waals surface area contributed by atoms with Crippen LogP contribution in [0.5, 0.6) is 0 Å². The number of aryl methyl sites for hydroxylation is 2. The van der Waals surface area contributed by atoms with Gasteiger partial charge < -0.3 is 4.57 Å². The molecule has 0 fully saturated rings. The number of aromatic nitrogens is 2. The summed E-state index contributed by atoms with van der Waals surface area (Å²) in [6.07, 6.45) is 0.828. The summed E-state index contributed by atoms with van der Waals surface area (Å²) < 4.78 is 2.90. The van der Waals surface area contributed by atoms with Crippen LogP contribution in [0.25, 0.3) is 11.0 Å². The van der Waals surface area contributed by atoms with Crippen molar-refractivity contribution in [1.82, 2.24) is 9.55 Å². The van der Waals surface area contributed by atoms with Gasteiger partial charge in [-0.1, -0.05) is 0 Å². The fourth-order valence-corrected chi connectivity index (χ4v) is 2.23. The molecule has 4 heteroatoms. The standard InChI is InChI=1S/C10H9BrN2O/c1-6-12-9-4-7(5-14)3-8(11)10(9)13(6)2/h3-5H,1-2H3. The van der Waals surface area contributed by atoms with Gasteiger partial charge in [0.05, 0.1) is 11.0 Å². The Kier molecular flexibility index (Phi) is 2.15. The van der Waals surface area contributed by atoms with Gasteiger partial charge >= 0.3 is 0 Å². The van der Waals surface area contributed by atoms with E-state index in [-0.39, 0.29) is 0 Å². The molecule has 0 saturated carbocycles. The van der Waals surface area contributed by atoms with Crippen molar-refractivity contribution < 1.29 is 4.79 Å². The second-order valence-corrected chi connectivity index (χ2v) is 4.06. The molecule has 0 saturated heterocycles. The molecule has 0 unspecified atom stereocenters. The summed E-state index contributed by atoms with van der Waals surface area (Å²) in [5, 5.41) is 0. The Morgan fingerprint density at radius 3 is 2.86 bits per heavy atom. The van der Waals surface area contributed by atoms with E-state index in [9.17, 15) is 4.79 Å².